The molecule has 0 aromatic carbocycles. The molecule has 0 spiro atoms. The Balaban J connectivity index is 0.00000107. The first kappa shape index (κ1) is 24.0. The molecule has 2 heterocycles. The summed E-state index contributed by atoms with van der Waals surface area (Å²) in [5, 5.41) is 22.9. The largest absolute Gasteiger partial charge is 0.483 e. The van der Waals surface area contributed by atoms with Gasteiger partial charge < -0.3 is 25.4 Å². The second kappa shape index (κ2) is 12.4. The molecule has 2 aromatic rings. The zero-order valence-electron chi connectivity index (χ0n) is 17.5. The minimum atomic E-state index is -0.711. The molecule has 1 fully saturated rings. The van der Waals surface area contributed by atoms with E-state index in [0.717, 1.165) is 17.8 Å². The highest BCUT2D eigenvalue weighted by atomic mass is 16.3. The van der Waals surface area contributed by atoms with E-state index in [9.17, 15) is 14.7 Å². The number of hydrogen-bond donors (Lipinski definition) is 4. The van der Waals surface area contributed by atoms with Gasteiger partial charge in [0.05, 0.1) is 12.1 Å². The van der Waals surface area contributed by atoms with E-state index in [4.69, 9.17) is 9.90 Å². The van der Waals surface area contributed by atoms with Crippen molar-refractivity contribution in [3.8, 4) is 0 Å². The Morgan fingerprint density at radius 2 is 2.10 bits per heavy atom. The van der Waals surface area contributed by atoms with Crippen LogP contribution in [0.5, 0.6) is 0 Å². The fraction of sp³-hybridized carbons (Fsp3) is 0.476. The van der Waals surface area contributed by atoms with Crippen LogP contribution in [0.3, 0.4) is 0 Å². The zero-order chi connectivity index (χ0) is 22.6. The average Bonchev–Trinajstić information content (AvgIpc) is 3.38. The summed E-state index contributed by atoms with van der Waals surface area (Å²) in [6, 6.07) is 3.32. The van der Waals surface area contributed by atoms with Crippen molar-refractivity contribution in [3.63, 3.8) is 0 Å². The van der Waals surface area contributed by atoms with Gasteiger partial charge in [-0.2, -0.15) is 0 Å². The van der Waals surface area contributed by atoms with Gasteiger partial charge >= 0.3 is 0 Å². The number of hydrogen-bond acceptors (Lipinski definition) is 6. The predicted molar refractivity (Wildman–Crippen MR) is 112 cm³/mol. The number of aliphatic hydroxyl groups is 1. The fourth-order valence-corrected chi connectivity index (χ4v) is 3.58. The van der Waals surface area contributed by atoms with E-state index in [1.165, 1.54) is 0 Å². The lowest BCUT2D eigenvalue weighted by Gasteiger charge is -2.16. The summed E-state index contributed by atoms with van der Waals surface area (Å²) in [7, 11) is 0. The number of aliphatic hydroxyl groups excluding tert-OH is 1. The Morgan fingerprint density at radius 1 is 1.32 bits per heavy atom. The minimum absolute atomic E-state index is 0.106. The molecule has 0 radical (unpaired) electrons. The number of amides is 2. The van der Waals surface area contributed by atoms with Crippen LogP contribution in [0.15, 0.2) is 36.9 Å². The van der Waals surface area contributed by atoms with Gasteiger partial charge in [0.25, 0.3) is 6.47 Å². The van der Waals surface area contributed by atoms with E-state index < -0.39 is 12.1 Å². The van der Waals surface area contributed by atoms with Crippen LogP contribution in [0.4, 0.5) is 0 Å². The lowest BCUT2D eigenvalue weighted by molar-refractivity contribution is -0.125. The number of aryl methyl sites for hydroxylation is 2. The number of nitrogens with zero attached hydrogens (tertiary/aromatic N) is 3. The first-order chi connectivity index (χ1) is 15.0. The fourth-order valence-electron chi connectivity index (χ4n) is 3.58. The maximum atomic E-state index is 12.4. The molecular weight excluding hydrogens is 402 g/mol. The number of carbonyl (C=O) groups is 3. The molecule has 1 aliphatic carbocycles. The van der Waals surface area contributed by atoms with Gasteiger partial charge in [-0.25, -0.2) is 4.98 Å². The number of aromatic nitrogens is 3. The number of imidazole rings is 1. The predicted octanol–water partition coefficient (Wildman–Crippen LogP) is 0.504. The normalized spacial score (nSPS) is 19.7. The van der Waals surface area contributed by atoms with Crippen molar-refractivity contribution in [2.24, 2.45) is 5.92 Å². The molecule has 1 aliphatic rings. The summed E-state index contributed by atoms with van der Waals surface area (Å²) in [5.41, 5.74) is 0.921. The highest BCUT2D eigenvalue weighted by Crippen LogP contribution is 2.26. The molecule has 3 rings (SSSR count). The quantitative estimate of drug-likeness (QED) is 0.445. The van der Waals surface area contributed by atoms with E-state index in [-0.39, 0.29) is 24.2 Å². The van der Waals surface area contributed by atoms with Crippen LogP contribution in [-0.4, -0.2) is 55.2 Å². The Kier molecular flexibility index (Phi) is 9.63. The SMILES string of the molecule is CCc1nccn1CCC(=O)N[C@@H]1C[C@H](C(=O)NCc2cccnc2)C[C@H]1O.O=CO. The van der Waals surface area contributed by atoms with Gasteiger partial charge in [-0.15, -0.1) is 0 Å². The lowest BCUT2D eigenvalue weighted by atomic mass is 10.1. The maximum Gasteiger partial charge on any atom is 0.290 e. The third-order valence-electron chi connectivity index (χ3n) is 5.13. The molecule has 10 heteroatoms. The molecule has 31 heavy (non-hydrogen) atoms. The van der Waals surface area contributed by atoms with Crippen LogP contribution < -0.4 is 10.6 Å². The van der Waals surface area contributed by atoms with Crippen LogP contribution in [0.25, 0.3) is 0 Å². The van der Waals surface area contributed by atoms with E-state index in [0.29, 0.717) is 32.4 Å². The van der Waals surface area contributed by atoms with Crippen molar-refractivity contribution in [1.29, 1.82) is 0 Å². The van der Waals surface area contributed by atoms with E-state index in [2.05, 4.69) is 20.6 Å². The number of rotatable bonds is 8. The Morgan fingerprint density at radius 3 is 2.77 bits per heavy atom. The third kappa shape index (κ3) is 7.49. The Labute approximate surface area is 180 Å². The molecular formula is C21H29N5O5. The van der Waals surface area contributed by atoms with Gasteiger partial charge in [0.2, 0.25) is 11.8 Å². The van der Waals surface area contributed by atoms with Gasteiger partial charge in [-0.3, -0.25) is 19.4 Å². The summed E-state index contributed by atoms with van der Waals surface area (Å²) in [4.78, 5) is 41.3. The molecule has 4 N–H and O–H groups in total. The summed E-state index contributed by atoms with van der Waals surface area (Å²) >= 11 is 0. The first-order valence-electron chi connectivity index (χ1n) is 10.2. The van der Waals surface area contributed by atoms with Crippen molar-refractivity contribution in [3.05, 3.63) is 48.3 Å². The average molecular weight is 431 g/mol. The lowest BCUT2D eigenvalue weighted by Crippen LogP contribution is -2.40. The smallest absolute Gasteiger partial charge is 0.290 e. The topological polar surface area (TPSA) is 146 Å². The molecule has 2 amide bonds. The molecule has 0 aliphatic heterocycles. The van der Waals surface area contributed by atoms with Crippen molar-refractivity contribution >= 4 is 18.3 Å². The number of carboxylic acid groups (broad SMARTS) is 1. The standard InChI is InChI=1S/C20H27N5O3.CH2O2/c1-2-18-22-7-9-25(18)8-5-19(27)24-16-10-15(11-17(16)26)20(28)23-13-14-4-3-6-21-12-14;2-1-3/h3-4,6-7,9,12,15-17,26H,2,5,8,10-11,13H2,1H3,(H,23,28)(H,24,27);1H,(H,2,3)/t15-,16+,17+;/m0./s1. The van der Waals surface area contributed by atoms with Crippen molar-refractivity contribution in [2.75, 3.05) is 0 Å². The van der Waals surface area contributed by atoms with Crippen LogP contribution in [0, 0.1) is 5.92 Å². The van der Waals surface area contributed by atoms with Crippen LogP contribution in [0.2, 0.25) is 0 Å². The van der Waals surface area contributed by atoms with Crippen LogP contribution in [-0.2, 0) is 33.9 Å². The third-order valence-corrected chi connectivity index (χ3v) is 5.13. The maximum absolute atomic E-state index is 12.4. The molecule has 10 nitrogen and oxygen atoms in total. The van der Waals surface area contributed by atoms with Crippen LogP contribution >= 0.6 is 0 Å². The van der Waals surface area contributed by atoms with Crippen molar-refractivity contribution in [1.82, 2.24) is 25.2 Å². The monoisotopic (exact) mass is 431 g/mol. The molecule has 3 atom stereocenters. The summed E-state index contributed by atoms with van der Waals surface area (Å²) < 4.78 is 1.96. The van der Waals surface area contributed by atoms with Gasteiger partial charge in [0.15, 0.2) is 0 Å². The van der Waals surface area contributed by atoms with Gasteiger partial charge in [0, 0.05) is 56.6 Å². The summed E-state index contributed by atoms with van der Waals surface area (Å²) in [5.74, 6) is 0.401. The number of nitrogens with one attached hydrogen (secondary N) is 2. The summed E-state index contributed by atoms with van der Waals surface area (Å²) in [6.45, 7) is 2.72. The second-order valence-electron chi connectivity index (χ2n) is 7.23. The highest BCUT2D eigenvalue weighted by molar-refractivity contribution is 5.80. The highest BCUT2D eigenvalue weighted by Gasteiger charge is 2.37. The van der Waals surface area contributed by atoms with Gasteiger partial charge in [-0.1, -0.05) is 13.0 Å². The van der Waals surface area contributed by atoms with E-state index in [1.54, 1.807) is 18.6 Å². The zero-order valence-corrected chi connectivity index (χ0v) is 17.5. The Bertz CT molecular complexity index is 842. The van der Waals surface area contributed by atoms with E-state index in [1.807, 2.05) is 29.8 Å². The van der Waals surface area contributed by atoms with E-state index >= 15 is 0 Å². The van der Waals surface area contributed by atoms with Crippen LogP contribution in [0.1, 0.15) is 37.6 Å². The van der Waals surface area contributed by atoms with Gasteiger partial charge in [-0.05, 0) is 24.5 Å². The molecule has 0 saturated heterocycles. The Hall–Kier alpha value is -3.27. The number of pyridine rings is 1. The first-order valence-corrected chi connectivity index (χ1v) is 10.2. The molecule has 1 saturated carbocycles. The molecule has 168 valence electrons. The second-order valence-corrected chi connectivity index (χ2v) is 7.23. The van der Waals surface area contributed by atoms with Gasteiger partial charge in [0.1, 0.15) is 5.82 Å². The van der Waals surface area contributed by atoms with Crippen molar-refractivity contribution in [2.45, 2.75) is 57.8 Å². The number of carbonyl (C=O) groups excluding carboxylic acids is 2. The molecule has 2 aromatic heterocycles. The molecule has 0 unspecified atom stereocenters. The molecule has 0 bridgehead atoms. The summed E-state index contributed by atoms with van der Waals surface area (Å²) in [6.07, 6.45) is 8.18. The van der Waals surface area contributed by atoms with Crippen molar-refractivity contribution < 1.29 is 24.6 Å². The minimum Gasteiger partial charge on any atom is -0.483 e.